The lowest BCUT2D eigenvalue weighted by atomic mass is 10.1. The van der Waals surface area contributed by atoms with E-state index in [1.165, 1.54) is 5.56 Å². The van der Waals surface area contributed by atoms with Gasteiger partial charge in [0.1, 0.15) is 0 Å². The number of carbonyl (C=O) groups is 3. The predicted octanol–water partition coefficient (Wildman–Crippen LogP) is 5.54. The topological polar surface area (TPSA) is 84.5 Å². The maximum Gasteiger partial charge on any atom is 0.305 e. The van der Waals surface area contributed by atoms with Crippen molar-refractivity contribution in [1.29, 1.82) is 0 Å². The average molecular weight is 473 g/mol. The third kappa shape index (κ3) is 10.3. The molecule has 0 unspecified atom stereocenters. The summed E-state index contributed by atoms with van der Waals surface area (Å²) in [5.74, 6) is -0.555. The van der Waals surface area contributed by atoms with Crippen LogP contribution in [-0.2, 0) is 32.0 Å². The van der Waals surface area contributed by atoms with Crippen LogP contribution in [0.1, 0.15) is 43.2 Å². The first-order valence-electron chi connectivity index (χ1n) is 12.0. The average Bonchev–Trinajstić information content (AvgIpc) is 2.87. The fourth-order valence-electron chi connectivity index (χ4n) is 3.60. The minimum absolute atomic E-state index is 0.0837. The molecule has 0 aromatic heterocycles. The van der Waals surface area contributed by atoms with Crippen molar-refractivity contribution in [3.8, 4) is 0 Å². The van der Waals surface area contributed by atoms with E-state index >= 15 is 0 Å². The van der Waals surface area contributed by atoms with Crippen LogP contribution in [-0.4, -0.2) is 24.4 Å². The van der Waals surface area contributed by atoms with Gasteiger partial charge in [-0.15, -0.1) is 0 Å². The van der Waals surface area contributed by atoms with Gasteiger partial charge in [0.25, 0.3) is 0 Å². The number of anilines is 2. The summed E-state index contributed by atoms with van der Waals surface area (Å²) < 4.78 is 5.25. The highest BCUT2D eigenvalue weighted by Gasteiger charge is 2.08. The second kappa shape index (κ2) is 14.4. The van der Waals surface area contributed by atoms with Crippen LogP contribution in [0.4, 0.5) is 11.4 Å². The Morgan fingerprint density at radius 3 is 1.80 bits per heavy atom. The van der Waals surface area contributed by atoms with Crippen molar-refractivity contribution in [3.05, 3.63) is 96.1 Å². The van der Waals surface area contributed by atoms with Crippen molar-refractivity contribution < 1.29 is 19.1 Å². The first-order chi connectivity index (χ1) is 17.1. The van der Waals surface area contributed by atoms with Crippen LogP contribution in [0, 0.1) is 0 Å². The van der Waals surface area contributed by atoms with Crippen molar-refractivity contribution in [1.82, 2.24) is 0 Å². The Labute approximate surface area is 206 Å². The molecule has 3 aromatic carbocycles. The standard InChI is InChI=1S/C29H32N2O4/c32-27(17-8-18-29(34)35-21-9-14-23-10-3-1-4-11-23)30-25-15-7-16-26(22-25)31-28(33)20-19-24-12-5-2-6-13-24/h1-7,10-13,15-16,22H,8-9,14,17-21H2,(H,30,32)(H,31,33). The maximum absolute atomic E-state index is 12.3. The molecule has 0 aliphatic carbocycles. The van der Waals surface area contributed by atoms with E-state index in [4.69, 9.17) is 4.74 Å². The third-order valence-electron chi connectivity index (χ3n) is 5.41. The molecule has 6 nitrogen and oxygen atoms in total. The highest BCUT2D eigenvalue weighted by Crippen LogP contribution is 2.16. The zero-order valence-electron chi connectivity index (χ0n) is 19.9. The molecular formula is C29H32N2O4. The minimum Gasteiger partial charge on any atom is -0.466 e. The number of nitrogens with one attached hydrogen (secondary N) is 2. The number of esters is 1. The Hall–Kier alpha value is -3.93. The van der Waals surface area contributed by atoms with Gasteiger partial charge in [-0.25, -0.2) is 0 Å². The quantitative estimate of drug-likeness (QED) is 0.253. The number of carbonyl (C=O) groups excluding carboxylic acids is 3. The second-order valence-corrected chi connectivity index (χ2v) is 8.33. The van der Waals surface area contributed by atoms with E-state index < -0.39 is 0 Å². The summed E-state index contributed by atoms with van der Waals surface area (Å²) in [6.45, 7) is 0.379. The molecule has 0 spiro atoms. The lowest BCUT2D eigenvalue weighted by Gasteiger charge is -2.09. The van der Waals surface area contributed by atoms with Gasteiger partial charge < -0.3 is 15.4 Å². The molecule has 2 amide bonds. The number of hydrogen-bond acceptors (Lipinski definition) is 4. The molecule has 6 heteroatoms. The van der Waals surface area contributed by atoms with Gasteiger partial charge >= 0.3 is 5.97 Å². The van der Waals surface area contributed by atoms with E-state index in [0.717, 1.165) is 18.4 Å². The molecule has 0 aliphatic rings. The number of rotatable bonds is 13. The zero-order chi connectivity index (χ0) is 24.7. The van der Waals surface area contributed by atoms with E-state index in [0.29, 0.717) is 37.2 Å². The molecule has 0 bridgehead atoms. The van der Waals surface area contributed by atoms with Gasteiger partial charge in [0, 0.05) is 30.6 Å². The van der Waals surface area contributed by atoms with Crippen LogP contribution < -0.4 is 10.6 Å². The number of amides is 2. The van der Waals surface area contributed by atoms with Crippen LogP contribution in [0.2, 0.25) is 0 Å². The van der Waals surface area contributed by atoms with Crippen LogP contribution >= 0.6 is 0 Å². The van der Waals surface area contributed by atoms with E-state index in [1.807, 2.05) is 48.5 Å². The molecule has 0 atom stereocenters. The summed E-state index contributed by atoms with van der Waals surface area (Å²) in [5.41, 5.74) is 3.55. The molecule has 0 aliphatic heterocycles. The normalized spacial score (nSPS) is 10.4. The lowest BCUT2D eigenvalue weighted by Crippen LogP contribution is -2.14. The first kappa shape index (κ1) is 25.7. The van der Waals surface area contributed by atoms with Gasteiger partial charge in [-0.05, 0) is 55.0 Å². The largest absolute Gasteiger partial charge is 0.466 e. The molecule has 182 valence electrons. The Morgan fingerprint density at radius 2 is 1.17 bits per heavy atom. The summed E-state index contributed by atoms with van der Waals surface area (Å²) in [7, 11) is 0. The molecule has 0 heterocycles. The highest BCUT2D eigenvalue weighted by atomic mass is 16.5. The van der Waals surface area contributed by atoms with Crippen molar-refractivity contribution >= 4 is 29.2 Å². The van der Waals surface area contributed by atoms with Crippen LogP contribution in [0.3, 0.4) is 0 Å². The summed E-state index contributed by atoms with van der Waals surface area (Å²) in [6.07, 6.45) is 3.52. The summed E-state index contributed by atoms with van der Waals surface area (Å²) in [6, 6.07) is 26.9. The van der Waals surface area contributed by atoms with Crippen molar-refractivity contribution in [2.75, 3.05) is 17.2 Å². The van der Waals surface area contributed by atoms with Crippen molar-refractivity contribution in [2.45, 2.75) is 44.9 Å². The summed E-state index contributed by atoms with van der Waals surface area (Å²) >= 11 is 0. The molecule has 3 aromatic rings. The van der Waals surface area contributed by atoms with Gasteiger partial charge in [-0.1, -0.05) is 66.7 Å². The van der Waals surface area contributed by atoms with Crippen LogP contribution in [0.15, 0.2) is 84.9 Å². The van der Waals surface area contributed by atoms with Crippen molar-refractivity contribution in [2.24, 2.45) is 0 Å². The molecule has 3 rings (SSSR count). The molecular weight excluding hydrogens is 440 g/mol. The highest BCUT2D eigenvalue weighted by molar-refractivity contribution is 5.94. The molecule has 2 N–H and O–H groups in total. The van der Waals surface area contributed by atoms with E-state index in [2.05, 4.69) is 22.8 Å². The van der Waals surface area contributed by atoms with E-state index in [1.54, 1.807) is 24.3 Å². The molecule has 0 saturated heterocycles. The number of aryl methyl sites for hydroxylation is 2. The van der Waals surface area contributed by atoms with Crippen LogP contribution in [0.25, 0.3) is 0 Å². The SMILES string of the molecule is O=C(CCCC(=O)OCCCc1ccccc1)Nc1cccc(NC(=O)CCc2ccccc2)c1. The van der Waals surface area contributed by atoms with Crippen LogP contribution in [0.5, 0.6) is 0 Å². The first-order valence-corrected chi connectivity index (χ1v) is 12.0. The minimum atomic E-state index is -0.286. The summed E-state index contributed by atoms with van der Waals surface area (Å²) in [4.78, 5) is 36.4. The number of benzene rings is 3. The fourth-order valence-corrected chi connectivity index (χ4v) is 3.60. The molecule has 0 radical (unpaired) electrons. The lowest BCUT2D eigenvalue weighted by molar-refractivity contribution is -0.143. The fraction of sp³-hybridized carbons (Fsp3) is 0.276. The molecule has 0 saturated carbocycles. The maximum atomic E-state index is 12.3. The van der Waals surface area contributed by atoms with E-state index in [-0.39, 0.29) is 30.6 Å². The Kier molecular flexibility index (Phi) is 10.5. The Balaban J connectivity index is 1.30. The smallest absolute Gasteiger partial charge is 0.305 e. The Morgan fingerprint density at radius 1 is 0.600 bits per heavy atom. The van der Waals surface area contributed by atoms with Gasteiger partial charge in [0.15, 0.2) is 0 Å². The van der Waals surface area contributed by atoms with Gasteiger partial charge in [-0.2, -0.15) is 0 Å². The van der Waals surface area contributed by atoms with Crippen molar-refractivity contribution in [3.63, 3.8) is 0 Å². The summed E-state index contributed by atoms with van der Waals surface area (Å²) in [5, 5.41) is 5.68. The van der Waals surface area contributed by atoms with Gasteiger partial charge in [0.2, 0.25) is 11.8 Å². The number of ether oxygens (including phenoxy) is 1. The van der Waals surface area contributed by atoms with E-state index in [9.17, 15) is 14.4 Å². The van der Waals surface area contributed by atoms with Gasteiger partial charge in [0.05, 0.1) is 6.61 Å². The zero-order valence-corrected chi connectivity index (χ0v) is 19.9. The third-order valence-corrected chi connectivity index (χ3v) is 5.41. The molecule has 0 fully saturated rings. The molecule has 35 heavy (non-hydrogen) atoms. The second-order valence-electron chi connectivity index (χ2n) is 8.33. The monoisotopic (exact) mass is 472 g/mol. The number of hydrogen-bond donors (Lipinski definition) is 2. The van der Waals surface area contributed by atoms with Gasteiger partial charge in [-0.3, -0.25) is 14.4 Å². The Bertz CT molecular complexity index is 1080. The predicted molar refractivity (Wildman–Crippen MR) is 138 cm³/mol.